The first-order valence-corrected chi connectivity index (χ1v) is 7.73. The number of pyridine rings is 1. The second-order valence-corrected chi connectivity index (χ2v) is 5.64. The third-order valence-corrected chi connectivity index (χ3v) is 4.26. The molecule has 0 aliphatic heterocycles. The predicted molar refractivity (Wildman–Crippen MR) is 84.8 cm³/mol. The van der Waals surface area contributed by atoms with E-state index in [1.807, 2.05) is 12.1 Å². The zero-order valence-electron chi connectivity index (χ0n) is 12.1. The van der Waals surface area contributed by atoms with Crippen LogP contribution >= 0.6 is 11.6 Å². The smallest absolute Gasteiger partial charge is 0.123 e. The molecular weight excluding hydrogens is 284 g/mol. The summed E-state index contributed by atoms with van der Waals surface area (Å²) in [5.41, 5.74) is 3.66. The summed E-state index contributed by atoms with van der Waals surface area (Å²) in [6.45, 7) is 3.61. The van der Waals surface area contributed by atoms with Crippen LogP contribution in [0.2, 0.25) is 5.02 Å². The van der Waals surface area contributed by atoms with Gasteiger partial charge in [-0.15, -0.1) is 0 Å². The molecule has 0 bridgehead atoms. The molecule has 21 heavy (non-hydrogen) atoms. The van der Waals surface area contributed by atoms with E-state index in [0.29, 0.717) is 17.7 Å². The van der Waals surface area contributed by atoms with Gasteiger partial charge < -0.3 is 10.1 Å². The number of fused-ring (bicyclic) bond motifs is 1. The minimum atomic E-state index is 0.457. The third-order valence-electron chi connectivity index (χ3n) is 3.92. The quantitative estimate of drug-likeness (QED) is 0.909. The van der Waals surface area contributed by atoms with Crippen molar-refractivity contribution in [2.45, 2.75) is 32.4 Å². The normalized spacial score (nSPS) is 16.8. The number of hydrogen-bond acceptors (Lipinski definition) is 3. The average Bonchev–Trinajstić information content (AvgIpc) is 2.91. The SMILES string of the molecule is CCNC1CCc2c(OCc3ccncc3Cl)cccc21. The zero-order valence-corrected chi connectivity index (χ0v) is 12.9. The van der Waals surface area contributed by atoms with Crippen molar-refractivity contribution in [1.82, 2.24) is 10.3 Å². The van der Waals surface area contributed by atoms with Crippen LogP contribution < -0.4 is 10.1 Å². The van der Waals surface area contributed by atoms with E-state index in [4.69, 9.17) is 16.3 Å². The van der Waals surface area contributed by atoms with Crippen LogP contribution in [0, 0.1) is 0 Å². The second-order valence-electron chi connectivity index (χ2n) is 5.23. The van der Waals surface area contributed by atoms with Gasteiger partial charge in [0.25, 0.3) is 0 Å². The van der Waals surface area contributed by atoms with Gasteiger partial charge in [0.05, 0.1) is 5.02 Å². The Hall–Kier alpha value is -1.58. The Bertz CT molecular complexity index is 630. The van der Waals surface area contributed by atoms with Crippen LogP contribution in [0.5, 0.6) is 5.75 Å². The van der Waals surface area contributed by atoms with Gasteiger partial charge in [0.1, 0.15) is 12.4 Å². The molecule has 0 fully saturated rings. The van der Waals surface area contributed by atoms with Crippen molar-refractivity contribution < 1.29 is 4.74 Å². The number of ether oxygens (including phenoxy) is 1. The van der Waals surface area contributed by atoms with Crippen molar-refractivity contribution >= 4 is 11.6 Å². The van der Waals surface area contributed by atoms with Gasteiger partial charge in [-0.05, 0) is 42.6 Å². The average molecular weight is 303 g/mol. The predicted octanol–water partition coefficient (Wildman–Crippen LogP) is 3.91. The lowest BCUT2D eigenvalue weighted by Gasteiger charge is -2.14. The fourth-order valence-electron chi connectivity index (χ4n) is 2.89. The molecule has 110 valence electrons. The van der Waals surface area contributed by atoms with Crippen LogP contribution in [-0.2, 0) is 13.0 Å². The maximum absolute atomic E-state index is 6.12. The van der Waals surface area contributed by atoms with Crippen LogP contribution in [0.25, 0.3) is 0 Å². The maximum atomic E-state index is 6.12. The second kappa shape index (κ2) is 6.46. The van der Waals surface area contributed by atoms with Gasteiger partial charge in [-0.1, -0.05) is 30.7 Å². The molecule has 0 spiro atoms. The van der Waals surface area contributed by atoms with Crippen LogP contribution in [0.15, 0.2) is 36.7 Å². The Balaban J connectivity index is 1.77. The van der Waals surface area contributed by atoms with Gasteiger partial charge in [0.15, 0.2) is 0 Å². The van der Waals surface area contributed by atoms with Crippen molar-refractivity contribution in [2.24, 2.45) is 0 Å². The molecule has 1 heterocycles. The highest BCUT2D eigenvalue weighted by molar-refractivity contribution is 6.31. The summed E-state index contributed by atoms with van der Waals surface area (Å²) in [7, 11) is 0. The number of nitrogens with zero attached hydrogens (tertiary/aromatic N) is 1. The van der Waals surface area contributed by atoms with Crippen LogP contribution in [0.4, 0.5) is 0 Å². The number of rotatable bonds is 5. The highest BCUT2D eigenvalue weighted by Gasteiger charge is 2.24. The zero-order chi connectivity index (χ0) is 14.7. The van der Waals surface area contributed by atoms with Crippen molar-refractivity contribution in [3.05, 3.63) is 58.4 Å². The number of benzene rings is 1. The Morgan fingerprint density at radius 1 is 1.38 bits per heavy atom. The third kappa shape index (κ3) is 3.04. The standard InChI is InChI=1S/C17H19ClN2O/c1-2-20-16-7-6-14-13(16)4-3-5-17(14)21-11-12-8-9-19-10-15(12)18/h3-5,8-10,16,20H,2,6-7,11H2,1H3. The minimum absolute atomic E-state index is 0.457. The fourth-order valence-corrected chi connectivity index (χ4v) is 3.06. The van der Waals surface area contributed by atoms with Gasteiger partial charge in [0, 0.05) is 24.0 Å². The van der Waals surface area contributed by atoms with E-state index in [1.54, 1.807) is 12.4 Å². The van der Waals surface area contributed by atoms with E-state index in [1.165, 1.54) is 11.1 Å². The molecule has 1 unspecified atom stereocenters. The molecule has 1 aliphatic carbocycles. The molecule has 3 nitrogen and oxygen atoms in total. The first kappa shape index (κ1) is 14.4. The van der Waals surface area contributed by atoms with Crippen LogP contribution in [0.3, 0.4) is 0 Å². The van der Waals surface area contributed by atoms with Gasteiger partial charge in [0.2, 0.25) is 0 Å². The molecule has 2 aromatic rings. The molecule has 0 saturated carbocycles. The number of hydrogen-bond donors (Lipinski definition) is 1. The molecule has 1 aromatic carbocycles. The van der Waals surface area contributed by atoms with E-state index in [-0.39, 0.29) is 0 Å². The summed E-state index contributed by atoms with van der Waals surface area (Å²) in [5, 5.41) is 4.17. The van der Waals surface area contributed by atoms with Gasteiger partial charge in [-0.25, -0.2) is 0 Å². The van der Waals surface area contributed by atoms with Crippen molar-refractivity contribution in [3.63, 3.8) is 0 Å². The summed E-state index contributed by atoms with van der Waals surface area (Å²) in [5.74, 6) is 0.973. The first-order valence-electron chi connectivity index (χ1n) is 7.36. The van der Waals surface area contributed by atoms with Crippen molar-refractivity contribution in [3.8, 4) is 5.75 Å². The highest BCUT2D eigenvalue weighted by Crippen LogP contribution is 2.37. The summed E-state index contributed by atoms with van der Waals surface area (Å²) in [4.78, 5) is 3.99. The van der Waals surface area contributed by atoms with E-state index in [0.717, 1.165) is 30.7 Å². The molecule has 1 atom stereocenters. The van der Waals surface area contributed by atoms with E-state index in [9.17, 15) is 0 Å². The van der Waals surface area contributed by atoms with Crippen molar-refractivity contribution in [2.75, 3.05) is 6.54 Å². The van der Waals surface area contributed by atoms with Gasteiger partial charge >= 0.3 is 0 Å². The van der Waals surface area contributed by atoms with Crippen molar-refractivity contribution in [1.29, 1.82) is 0 Å². The van der Waals surface area contributed by atoms with Crippen LogP contribution in [-0.4, -0.2) is 11.5 Å². The molecule has 0 amide bonds. The molecule has 1 aromatic heterocycles. The fraction of sp³-hybridized carbons (Fsp3) is 0.353. The number of halogens is 1. The molecule has 1 aliphatic rings. The van der Waals surface area contributed by atoms with E-state index < -0.39 is 0 Å². The minimum Gasteiger partial charge on any atom is -0.489 e. The highest BCUT2D eigenvalue weighted by atomic mass is 35.5. The Morgan fingerprint density at radius 3 is 3.10 bits per heavy atom. The van der Waals surface area contributed by atoms with E-state index in [2.05, 4.69) is 29.4 Å². The van der Waals surface area contributed by atoms with E-state index >= 15 is 0 Å². The molecule has 0 saturated heterocycles. The Morgan fingerprint density at radius 2 is 2.29 bits per heavy atom. The molecule has 0 radical (unpaired) electrons. The first-order chi connectivity index (χ1) is 10.3. The molecule has 1 N–H and O–H groups in total. The van der Waals surface area contributed by atoms with Gasteiger partial charge in [-0.2, -0.15) is 0 Å². The summed E-state index contributed by atoms with van der Waals surface area (Å²) in [6, 6.07) is 8.66. The summed E-state index contributed by atoms with van der Waals surface area (Å²) >= 11 is 6.12. The lowest BCUT2D eigenvalue weighted by molar-refractivity contribution is 0.303. The van der Waals surface area contributed by atoms with Gasteiger partial charge in [-0.3, -0.25) is 4.98 Å². The number of aromatic nitrogens is 1. The number of nitrogens with one attached hydrogen (secondary N) is 1. The topological polar surface area (TPSA) is 34.1 Å². The lowest BCUT2D eigenvalue weighted by Crippen LogP contribution is -2.18. The van der Waals surface area contributed by atoms with Crippen LogP contribution in [0.1, 0.15) is 36.1 Å². The maximum Gasteiger partial charge on any atom is 0.123 e. The summed E-state index contributed by atoms with van der Waals surface area (Å²) < 4.78 is 6.00. The molecule has 3 rings (SSSR count). The molecular formula is C17H19ClN2O. The monoisotopic (exact) mass is 302 g/mol. The Labute approximate surface area is 130 Å². The Kier molecular flexibility index (Phi) is 4.42. The largest absolute Gasteiger partial charge is 0.489 e. The lowest BCUT2D eigenvalue weighted by atomic mass is 10.1. The summed E-state index contributed by atoms with van der Waals surface area (Å²) in [6.07, 6.45) is 5.59. The molecule has 4 heteroatoms.